The molecule has 68 valence electrons. The Kier molecular flexibility index (Phi) is 2.14. The second-order valence-corrected chi connectivity index (χ2v) is 3.78. The number of hydrogen-bond donors (Lipinski definition) is 0. The molecule has 0 saturated carbocycles. The van der Waals surface area contributed by atoms with Crippen LogP contribution in [0.1, 0.15) is 17.1 Å². The van der Waals surface area contributed by atoms with Crippen LogP contribution in [0.3, 0.4) is 0 Å². The van der Waals surface area contributed by atoms with Gasteiger partial charge in [-0.3, -0.25) is 4.68 Å². The molecule has 0 N–H and O–H groups in total. The number of thiazole rings is 1. The molecule has 3 nitrogen and oxygen atoms in total. The molecule has 0 unspecified atom stereocenters. The maximum Gasteiger partial charge on any atom is 0.0842 e. The van der Waals surface area contributed by atoms with E-state index in [0.717, 1.165) is 17.9 Å². The van der Waals surface area contributed by atoms with Gasteiger partial charge in [-0.05, 0) is 19.9 Å². The first-order valence-electron chi connectivity index (χ1n) is 4.14. The minimum Gasteiger partial charge on any atom is -0.264 e. The van der Waals surface area contributed by atoms with Gasteiger partial charge in [0.2, 0.25) is 0 Å². The largest absolute Gasteiger partial charge is 0.264 e. The summed E-state index contributed by atoms with van der Waals surface area (Å²) in [6, 6.07) is 2.08. The average molecular weight is 193 g/mol. The second kappa shape index (κ2) is 3.30. The SMILES string of the molecule is Cc1cc(C)n(Cc2cscn2)n1. The van der Waals surface area contributed by atoms with Gasteiger partial charge in [-0.15, -0.1) is 11.3 Å². The summed E-state index contributed by atoms with van der Waals surface area (Å²) in [6.07, 6.45) is 0. The van der Waals surface area contributed by atoms with Gasteiger partial charge < -0.3 is 0 Å². The van der Waals surface area contributed by atoms with E-state index in [4.69, 9.17) is 0 Å². The molecule has 13 heavy (non-hydrogen) atoms. The maximum absolute atomic E-state index is 4.37. The van der Waals surface area contributed by atoms with Crippen molar-refractivity contribution in [3.63, 3.8) is 0 Å². The zero-order chi connectivity index (χ0) is 9.26. The Hall–Kier alpha value is -1.16. The fourth-order valence-electron chi connectivity index (χ4n) is 1.30. The van der Waals surface area contributed by atoms with Gasteiger partial charge in [-0.1, -0.05) is 0 Å². The first kappa shape index (κ1) is 8.44. The highest BCUT2D eigenvalue weighted by atomic mass is 32.1. The Morgan fingerprint density at radius 2 is 2.31 bits per heavy atom. The van der Waals surface area contributed by atoms with Crippen molar-refractivity contribution in [3.8, 4) is 0 Å². The van der Waals surface area contributed by atoms with Gasteiger partial charge >= 0.3 is 0 Å². The number of nitrogens with zero attached hydrogens (tertiary/aromatic N) is 3. The lowest BCUT2D eigenvalue weighted by Gasteiger charge is -1.99. The molecular weight excluding hydrogens is 182 g/mol. The monoisotopic (exact) mass is 193 g/mol. The lowest BCUT2D eigenvalue weighted by molar-refractivity contribution is 0.649. The molecule has 0 atom stereocenters. The summed E-state index contributed by atoms with van der Waals surface area (Å²) in [4.78, 5) is 4.22. The van der Waals surface area contributed by atoms with Crippen LogP contribution in [0.15, 0.2) is 17.0 Å². The van der Waals surface area contributed by atoms with Crippen molar-refractivity contribution in [2.75, 3.05) is 0 Å². The molecule has 0 aliphatic rings. The van der Waals surface area contributed by atoms with Crippen LogP contribution in [0.2, 0.25) is 0 Å². The van der Waals surface area contributed by atoms with Gasteiger partial charge in [0, 0.05) is 11.1 Å². The van der Waals surface area contributed by atoms with Crippen molar-refractivity contribution in [2.45, 2.75) is 20.4 Å². The topological polar surface area (TPSA) is 30.7 Å². The summed E-state index contributed by atoms with van der Waals surface area (Å²) in [7, 11) is 0. The van der Waals surface area contributed by atoms with E-state index < -0.39 is 0 Å². The molecule has 0 spiro atoms. The smallest absolute Gasteiger partial charge is 0.0842 e. The summed E-state index contributed by atoms with van der Waals surface area (Å²) >= 11 is 1.62. The molecule has 2 aromatic heterocycles. The number of rotatable bonds is 2. The Labute approximate surface area is 81.1 Å². The van der Waals surface area contributed by atoms with Crippen LogP contribution < -0.4 is 0 Å². The van der Waals surface area contributed by atoms with Crippen LogP contribution in [0.5, 0.6) is 0 Å². The Morgan fingerprint density at radius 3 is 2.85 bits per heavy atom. The molecule has 0 saturated heterocycles. The van der Waals surface area contributed by atoms with Gasteiger partial charge in [-0.2, -0.15) is 5.10 Å². The lowest BCUT2D eigenvalue weighted by Crippen LogP contribution is -2.03. The van der Waals surface area contributed by atoms with Crippen molar-refractivity contribution in [1.29, 1.82) is 0 Å². The van der Waals surface area contributed by atoms with Gasteiger partial charge in [-0.25, -0.2) is 4.98 Å². The third-order valence-electron chi connectivity index (χ3n) is 1.90. The van der Waals surface area contributed by atoms with E-state index in [1.165, 1.54) is 5.69 Å². The van der Waals surface area contributed by atoms with Gasteiger partial charge in [0.25, 0.3) is 0 Å². The maximum atomic E-state index is 4.37. The predicted octanol–water partition coefficient (Wildman–Crippen LogP) is 2.00. The number of hydrogen-bond acceptors (Lipinski definition) is 3. The lowest BCUT2D eigenvalue weighted by atomic mass is 10.4. The molecule has 0 aromatic carbocycles. The van der Waals surface area contributed by atoms with Crippen molar-refractivity contribution in [2.24, 2.45) is 0 Å². The Bertz CT molecular complexity index is 389. The fourth-order valence-corrected chi connectivity index (χ4v) is 1.85. The van der Waals surface area contributed by atoms with Crippen molar-refractivity contribution < 1.29 is 0 Å². The second-order valence-electron chi connectivity index (χ2n) is 3.06. The first-order chi connectivity index (χ1) is 6.25. The van der Waals surface area contributed by atoms with Gasteiger partial charge in [0.15, 0.2) is 0 Å². The third-order valence-corrected chi connectivity index (χ3v) is 2.53. The molecule has 0 aliphatic heterocycles. The highest BCUT2D eigenvalue weighted by Crippen LogP contribution is 2.07. The molecule has 2 heterocycles. The molecule has 4 heteroatoms. The molecule has 0 aliphatic carbocycles. The molecule has 2 aromatic rings. The van der Waals surface area contributed by atoms with E-state index in [0.29, 0.717) is 0 Å². The van der Waals surface area contributed by atoms with Gasteiger partial charge in [0.05, 0.1) is 23.4 Å². The molecule has 0 bridgehead atoms. The number of aryl methyl sites for hydroxylation is 2. The standard InChI is InChI=1S/C9H11N3S/c1-7-3-8(2)12(11-7)4-9-5-13-6-10-9/h3,5-6H,4H2,1-2H3. The summed E-state index contributed by atoms with van der Waals surface area (Å²) in [5.41, 5.74) is 5.18. The van der Waals surface area contributed by atoms with E-state index in [2.05, 4.69) is 28.5 Å². The summed E-state index contributed by atoms with van der Waals surface area (Å²) in [5.74, 6) is 0. The quantitative estimate of drug-likeness (QED) is 0.730. The zero-order valence-corrected chi connectivity index (χ0v) is 8.51. The zero-order valence-electron chi connectivity index (χ0n) is 7.69. The summed E-state index contributed by atoms with van der Waals surface area (Å²) < 4.78 is 1.98. The van der Waals surface area contributed by atoms with E-state index in [1.54, 1.807) is 11.3 Å². The summed E-state index contributed by atoms with van der Waals surface area (Å²) in [5, 5.41) is 6.42. The van der Waals surface area contributed by atoms with E-state index in [-0.39, 0.29) is 0 Å². The van der Waals surface area contributed by atoms with Crippen LogP contribution in [-0.2, 0) is 6.54 Å². The average Bonchev–Trinajstić information content (AvgIpc) is 2.63. The predicted molar refractivity (Wildman–Crippen MR) is 52.9 cm³/mol. The van der Waals surface area contributed by atoms with Gasteiger partial charge in [0.1, 0.15) is 0 Å². The molecular formula is C9H11N3S. The van der Waals surface area contributed by atoms with Crippen molar-refractivity contribution >= 4 is 11.3 Å². The number of aromatic nitrogens is 3. The summed E-state index contributed by atoms with van der Waals surface area (Å²) in [6.45, 7) is 4.85. The third kappa shape index (κ3) is 1.78. The molecule has 0 radical (unpaired) electrons. The van der Waals surface area contributed by atoms with E-state index in [1.807, 2.05) is 17.1 Å². The van der Waals surface area contributed by atoms with Crippen molar-refractivity contribution in [3.05, 3.63) is 34.0 Å². The van der Waals surface area contributed by atoms with E-state index in [9.17, 15) is 0 Å². The van der Waals surface area contributed by atoms with Crippen LogP contribution in [-0.4, -0.2) is 14.8 Å². The van der Waals surface area contributed by atoms with Crippen LogP contribution in [0, 0.1) is 13.8 Å². The first-order valence-corrected chi connectivity index (χ1v) is 5.08. The molecule has 0 amide bonds. The minimum absolute atomic E-state index is 0.781. The van der Waals surface area contributed by atoms with E-state index >= 15 is 0 Å². The van der Waals surface area contributed by atoms with Crippen LogP contribution in [0.4, 0.5) is 0 Å². The minimum atomic E-state index is 0.781. The van der Waals surface area contributed by atoms with Crippen LogP contribution >= 0.6 is 11.3 Å². The Morgan fingerprint density at radius 1 is 1.46 bits per heavy atom. The Balaban J connectivity index is 2.23. The highest BCUT2D eigenvalue weighted by molar-refractivity contribution is 7.07. The van der Waals surface area contributed by atoms with Crippen LogP contribution in [0.25, 0.3) is 0 Å². The molecule has 2 rings (SSSR count). The highest BCUT2D eigenvalue weighted by Gasteiger charge is 2.02. The van der Waals surface area contributed by atoms with Crippen molar-refractivity contribution in [1.82, 2.24) is 14.8 Å². The fraction of sp³-hybridized carbons (Fsp3) is 0.333. The normalized spacial score (nSPS) is 10.6. The molecule has 0 fully saturated rings.